The minimum absolute atomic E-state index is 0. The molecule has 21 heavy (non-hydrogen) atoms. The highest BCUT2D eigenvalue weighted by Gasteiger charge is 2.05. The number of halogens is 3. The van der Waals surface area contributed by atoms with E-state index in [1.54, 1.807) is 0 Å². The third-order valence-electron chi connectivity index (χ3n) is 3.07. The number of rotatable bonds is 3. The van der Waals surface area contributed by atoms with Gasteiger partial charge in [-0.05, 0) is 41.9 Å². The highest BCUT2D eigenvalue weighted by molar-refractivity contribution is 6.30. The molecule has 0 aliphatic rings. The predicted octanol–water partition coefficient (Wildman–Crippen LogP) is 4.23. The summed E-state index contributed by atoms with van der Waals surface area (Å²) in [6, 6.07) is 14.0. The molecule has 3 nitrogen and oxygen atoms in total. The van der Waals surface area contributed by atoms with Crippen LogP contribution in [0.1, 0.15) is 5.82 Å². The number of hydrogen-bond acceptors (Lipinski definition) is 2. The van der Waals surface area contributed by atoms with Crippen LogP contribution < -0.4 is 5.73 Å². The molecule has 0 radical (unpaired) electrons. The van der Waals surface area contributed by atoms with Crippen molar-refractivity contribution in [2.75, 3.05) is 6.54 Å². The molecule has 0 saturated carbocycles. The van der Waals surface area contributed by atoms with Crippen molar-refractivity contribution in [1.82, 2.24) is 9.97 Å². The van der Waals surface area contributed by atoms with E-state index in [4.69, 9.17) is 17.3 Å². The largest absolute Gasteiger partial charge is 0.342 e. The number of nitrogens with one attached hydrogen (secondary N) is 1. The summed E-state index contributed by atoms with van der Waals surface area (Å²) in [5.74, 6) is 0.931. The van der Waals surface area contributed by atoms with Crippen LogP contribution in [0.3, 0.4) is 0 Å². The summed E-state index contributed by atoms with van der Waals surface area (Å²) in [6.45, 7) is 0.598. The molecule has 1 aromatic heterocycles. The quantitative estimate of drug-likeness (QED) is 0.747. The van der Waals surface area contributed by atoms with E-state index in [0.717, 1.165) is 39.4 Å². The van der Waals surface area contributed by atoms with E-state index in [-0.39, 0.29) is 24.8 Å². The summed E-state index contributed by atoms with van der Waals surface area (Å²) in [6.07, 6.45) is 0.765. The molecule has 2 aromatic carbocycles. The van der Waals surface area contributed by atoms with Crippen molar-refractivity contribution in [2.45, 2.75) is 6.42 Å². The van der Waals surface area contributed by atoms with Crippen LogP contribution in [-0.2, 0) is 6.42 Å². The maximum atomic E-state index is 6.02. The Bertz CT molecular complexity index is 725. The minimum Gasteiger partial charge on any atom is -0.342 e. The Balaban J connectivity index is 0.00000110. The highest BCUT2D eigenvalue weighted by Crippen LogP contribution is 2.25. The van der Waals surface area contributed by atoms with E-state index in [2.05, 4.69) is 22.1 Å². The number of nitrogens with two attached hydrogens (primary N) is 1. The van der Waals surface area contributed by atoms with Crippen LogP contribution >= 0.6 is 36.4 Å². The van der Waals surface area contributed by atoms with Crippen LogP contribution in [0.4, 0.5) is 0 Å². The predicted molar refractivity (Wildman–Crippen MR) is 93.8 cm³/mol. The van der Waals surface area contributed by atoms with E-state index in [1.807, 2.05) is 30.3 Å². The lowest BCUT2D eigenvalue weighted by molar-refractivity contribution is 0.900. The molecule has 0 bridgehead atoms. The number of aromatic amines is 1. The fraction of sp³-hybridized carbons (Fsp3) is 0.133. The third kappa shape index (κ3) is 3.89. The van der Waals surface area contributed by atoms with Gasteiger partial charge in [-0.15, -0.1) is 24.8 Å². The molecule has 112 valence electrons. The summed E-state index contributed by atoms with van der Waals surface area (Å²) in [5.41, 5.74) is 9.77. The van der Waals surface area contributed by atoms with Gasteiger partial charge in [0.2, 0.25) is 0 Å². The Labute approximate surface area is 140 Å². The molecule has 3 aromatic rings. The van der Waals surface area contributed by atoms with Crippen molar-refractivity contribution >= 4 is 47.4 Å². The molecule has 0 aliphatic carbocycles. The van der Waals surface area contributed by atoms with Gasteiger partial charge in [-0.3, -0.25) is 0 Å². The SMILES string of the molecule is Cl.Cl.NCCc1nc2ccc(-c3cccc(Cl)c3)cc2[nH]1. The minimum atomic E-state index is 0. The zero-order valence-electron chi connectivity index (χ0n) is 11.2. The first-order valence-electron chi connectivity index (χ1n) is 6.21. The Morgan fingerprint density at radius 1 is 1.05 bits per heavy atom. The van der Waals surface area contributed by atoms with Crippen molar-refractivity contribution in [2.24, 2.45) is 5.73 Å². The summed E-state index contributed by atoms with van der Waals surface area (Å²) in [4.78, 5) is 7.79. The van der Waals surface area contributed by atoms with Crippen molar-refractivity contribution in [1.29, 1.82) is 0 Å². The molecule has 1 heterocycles. The van der Waals surface area contributed by atoms with Gasteiger partial charge in [0.1, 0.15) is 5.82 Å². The molecule has 6 heteroatoms. The molecule has 0 saturated heterocycles. The Morgan fingerprint density at radius 3 is 2.52 bits per heavy atom. The smallest absolute Gasteiger partial charge is 0.108 e. The van der Waals surface area contributed by atoms with Gasteiger partial charge < -0.3 is 10.7 Å². The Kier molecular flexibility index (Phi) is 6.49. The van der Waals surface area contributed by atoms with Gasteiger partial charge in [0.15, 0.2) is 0 Å². The van der Waals surface area contributed by atoms with Crippen molar-refractivity contribution < 1.29 is 0 Å². The lowest BCUT2D eigenvalue weighted by Crippen LogP contribution is -2.03. The summed E-state index contributed by atoms with van der Waals surface area (Å²) in [5, 5.41) is 0.742. The molecular formula is C15H16Cl3N3. The Morgan fingerprint density at radius 2 is 1.81 bits per heavy atom. The lowest BCUT2D eigenvalue weighted by atomic mass is 10.1. The van der Waals surface area contributed by atoms with Gasteiger partial charge in [0, 0.05) is 11.4 Å². The van der Waals surface area contributed by atoms with Crippen molar-refractivity contribution in [3.63, 3.8) is 0 Å². The second-order valence-electron chi connectivity index (χ2n) is 4.46. The van der Waals surface area contributed by atoms with E-state index >= 15 is 0 Å². The molecule has 0 atom stereocenters. The van der Waals surface area contributed by atoms with E-state index < -0.39 is 0 Å². The topological polar surface area (TPSA) is 54.7 Å². The third-order valence-corrected chi connectivity index (χ3v) is 3.31. The van der Waals surface area contributed by atoms with Gasteiger partial charge in [-0.1, -0.05) is 29.8 Å². The van der Waals surface area contributed by atoms with Gasteiger partial charge >= 0.3 is 0 Å². The summed E-state index contributed by atoms with van der Waals surface area (Å²) >= 11 is 6.02. The van der Waals surface area contributed by atoms with Crippen LogP contribution in [0.2, 0.25) is 5.02 Å². The molecule has 3 rings (SSSR count). The van der Waals surface area contributed by atoms with Crippen LogP contribution in [0.25, 0.3) is 22.2 Å². The van der Waals surface area contributed by atoms with Gasteiger partial charge in [-0.25, -0.2) is 4.98 Å². The maximum Gasteiger partial charge on any atom is 0.108 e. The number of fused-ring (bicyclic) bond motifs is 1. The van der Waals surface area contributed by atoms with Crippen molar-refractivity contribution in [3.05, 3.63) is 53.3 Å². The Hall–Kier alpha value is -1.26. The first kappa shape index (κ1) is 17.8. The van der Waals surface area contributed by atoms with E-state index in [1.165, 1.54) is 0 Å². The average molecular weight is 345 g/mol. The number of aromatic nitrogens is 2. The van der Waals surface area contributed by atoms with E-state index in [0.29, 0.717) is 6.54 Å². The molecule has 0 unspecified atom stereocenters. The average Bonchev–Trinajstić information content (AvgIpc) is 2.80. The number of H-pyrrole nitrogens is 1. The summed E-state index contributed by atoms with van der Waals surface area (Å²) < 4.78 is 0. The van der Waals surface area contributed by atoms with Crippen LogP contribution in [-0.4, -0.2) is 16.5 Å². The number of imidazole rings is 1. The molecular weight excluding hydrogens is 329 g/mol. The number of hydrogen-bond donors (Lipinski definition) is 2. The molecule has 0 aliphatic heterocycles. The number of benzene rings is 2. The maximum absolute atomic E-state index is 6.02. The second-order valence-corrected chi connectivity index (χ2v) is 4.90. The molecule has 3 N–H and O–H groups in total. The van der Waals surface area contributed by atoms with Crippen molar-refractivity contribution in [3.8, 4) is 11.1 Å². The standard InChI is InChI=1S/C15H14ClN3.2ClH/c16-12-3-1-2-10(8-12)11-4-5-13-14(9-11)19-15(18-13)6-7-17;;/h1-5,8-9H,6-7,17H2,(H,18,19);2*1H. The lowest BCUT2D eigenvalue weighted by Gasteiger charge is -2.01. The zero-order chi connectivity index (χ0) is 13.2. The zero-order valence-corrected chi connectivity index (χ0v) is 13.6. The highest BCUT2D eigenvalue weighted by atomic mass is 35.5. The first-order chi connectivity index (χ1) is 9.26. The fourth-order valence-electron chi connectivity index (χ4n) is 2.17. The molecule has 0 spiro atoms. The van der Waals surface area contributed by atoms with Crippen LogP contribution in [0.5, 0.6) is 0 Å². The second kappa shape index (κ2) is 7.66. The molecule has 0 amide bonds. The number of nitrogens with zero attached hydrogens (tertiary/aromatic N) is 1. The summed E-state index contributed by atoms with van der Waals surface area (Å²) in [7, 11) is 0. The fourth-order valence-corrected chi connectivity index (χ4v) is 2.36. The first-order valence-corrected chi connectivity index (χ1v) is 6.59. The monoisotopic (exact) mass is 343 g/mol. The molecule has 0 fully saturated rings. The van der Waals surface area contributed by atoms with Crippen LogP contribution in [0.15, 0.2) is 42.5 Å². The van der Waals surface area contributed by atoms with E-state index in [9.17, 15) is 0 Å². The van der Waals surface area contributed by atoms with Gasteiger partial charge in [0.05, 0.1) is 11.0 Å². The van der Waals surface area contributed by atoms with Gasteiger partial charge in [-0.2, -0.15) is 0 Å². The van der Waals surface area contributed by atoms with Gasteiger partial charge in [0.25, 0.3) is 0 Å². The van der Waals surface area contributed by atoms with Crippen LogP contribution in [0, 0.1) is 0 Å². The normalized spacial score (nSPS) is 10.0.